The van der Waals surface area contributed by atoms with Gasteiger partial charge in [-0.05, 0) is 12.5 Å². The van der Waals surface area contributed by atoms with Crippen molar-refractivity contribution >= 4 is 28.1 Å². The van der Waals surface area contributed by atoms with Crippen LogP contribution in [0.2, 0.25) is 0 Å². The zero-order valence-corrected chi connectivity index (χ0v) is 10.1. The van der Waals surface area contributed by atoms with Gasteiger partial charge >= 0.3 is 0 Å². The smallest absolute Gasteiger partial charge is 0.152 e. The van der Waals surface area contributed by atoms with Gasteiger partial charge in [-0.3, -0.25) is 0 Å². The van der Waals surface area contributed by atoms with Crippen LogP contribution >= 0.6 is 23.1 Å². The molecule has 0 atom stereocenters. The lowest BCUT2D eigenvalue weighted by Gasteiger charge is -1.99. The summed E-state index contributed by atoms with van der Waals surface area (Å²) in [6.45, 7) is 2.11. The van der Waals surface area contributed by atoms with E-state index in [-0.39, 0.29) is 0 Å². The molecule has 0 aliphatic rings. The van der Waals surface area contributed by atoms with Crippen molar-refractivity contribution in [3.63, 3.8) is 0 Å². The van der Waals surface area contributed by atoms with Crippen LogP contribution in [-0.4, -0.2) is 4.98 Å². The van der Waals surface area contributed by atoms with Crippen LogP contribution in [0.15, 0.2) is 34.8 Å². The second-order valence-electron chi connectivity index (χ2n) is 3.31. The SMILES string of the molecule is Cc1cccc(CSc2ncc(N)s2)c1. The number of anilines is 1. The summed E-state index contributed by atoms with van der Waals surface area (Å²) in [6, 6.07) is 8.53. The molecule has 0 aliphatic carbocycles. The number of aromatic nitrogens is 1. The molecule has 0 unspecified atom stereocenters. The summed E-state index contributed by atoms with van der Waals surface area (Å²) in [6.07, 6.45) is 1.71. The van der Waals surface area contributed by atoms with Crippen molar-refractivity contribution in [2.75, 3.05) is 5.73 Å². The molecule has 0 amide bonds. The first-order valence-corrected chi connectivity index (χ1v) is 6.44. The number of thiazole rings is 1. The third-order valence-corrected chi connectivity index (χ3v) is 4.00. The van der Waals surface area contributed by atoms with Crippen molar-refractivity contribution in [3.8, 4) is 0 Å². The molecule has 2 N–H and O–H groups in total. The minimum atomic E-state index is 0.779. The Morgan fingerprint density at radius 2 is 2.33 bits per heavy atom. The standard InChI is InChI=1S/C11H12N2S2/c1-8-3-2-4-9(5-8)7-14-11-13-6-10(12)15-11/h2-6H,7,12H2,1H3. The van der Waals surface area contributed by atoms with E-state index in [0.29, 0.717) is 0 Å². The molecule has 2 nitrogen and oxygen atoms in total. The molecule has 0 spiro atoms. The molecule has 2 aromatic rings. The Balaban J connectivity index is 1.99. The lowest BCUT2D eigenvalue weighted by atomic mass is 10.2. The van der Waals surface area contributed by atoms with Crippen molar-refractivity contribution in [3.05, 3.63) is 41.6 Å². The average Bonchev–Trinajstić information content (AvgIpc) is 2.62. The topological polar surface area (TPSA) is 38.9 Å². The van der Waals surface area contributed by atoms with Gasteiger partial charge < -0.3 is 5.73 Å². The van der Waals surface area contributed by atoms with Crippen LogP contribution in [0.1, 0.15) is 11.1 Å². The van der Waals surface area contributed by atoms with Crippen molar-refractivity contribution in [1.29, 1.82) is 0 Å². The fourth-order valence-corrected chi connectivity index (χ4v) is 2.99. The van der Waals surface area contributed by atoms with Crippen molar-refractivity contribution in [2.24, 2.45) is 0 Å². The lowest BCUT2D eigenvalue weighted by molar-refractivity contribution is 1.24. The molecule has 0 radical (unpaired) electrons. The number of hydrogen-bond donors (Lipinski definition) is 1. The first-order chi connectivity index (χ1) is 7.24. The summed E-state index contributed by atoms with van der Waals surface area (Å²) in [5, 5.41) is 0.779. The third kappa shape index (κ3) is 2.97. The zero-order chi connectivity index (χ0) is 10.7. The van der Waals surface area contributed by atoms with E-state index in [0.717, 1.165) is 15.1 Å². The van der Waals surface area contributed by atoms with Crippen molar-refractivity contribution < 1.29 is 0 Å². The lowest BCUT2D eigenvalue weighted by Crippen LogP contribution is -1.81. The number of nitrogens with zero attached hydrogens (tertiary/aromatic N) is 1. The zero-order valence-electron chi connectivity index (χ0n) is 8.43. The Hall–Kier alpha value is -1.00. The number of thioether (sulfide) groups is 1. The maximum atomic E-state index is 5.61. The van der Waals surface area contributed by atoms with Crippen molar-refractivity contribution in [1.82, 2.24) is 4.98 Å². The van der Waals surface area contributed by atoms with Gasteiger partial charge in [-0.1, -0.05) is 52.9 Å². The summed E-state index contributed by atoms with van der Waals surface area (Å²) >= 11 is 3.27. The molecule has 1 heterocycles. The highest BCUT2D eigenvalue weighted by atomic mass is 32.2. The summed E-state index contributed by atoms with van der Waals surface area (Å²) in [4.78, 5) is 4.21. The monoisotopic (exact) mass is 236 g/mol. The highest BCUT2D eigenvalue weighted by Crippen LogP contribution is 2.28. The first-order valence-electron chi connectivity index (χ1n) is 4.64. The Labute approximate surface area is 97.5 Å². The van der Waals surface area contributed by atoms with Crippen LogP contribution in [0.4, 0.5) is 5.00 Å². The Morgan fingerprint density at radius 1 is 1.47 bits per heavy atom. The van der Waals surface area contributed by atoms with E-state index in [9.17, 15) is 0 Å². The number of nitrogen functional groups attached to an aromatic ring is 1. The number of rotatable bonds is 3. The fourth-order valence-electron chi connectivity index (χ4n) is 1.28. The normalized spacial score (nSPS) is 10.5. The first kappa shape index (κ1) is 10.5. The van der Waals surface area contributed by atoms with E-state index in [1.807, 2.05) is 0 Å². The van der Waals surface area contributed by atoms with Crippen LogP contribution in [0, 0.1) is 6.92 Å². The second kappa shape index (κ2) is 4.68. The molecule has 15 heavy (non-hydrogen) atoms. The largest absolute Gasteiger partial charge is 0.389 e. The second-order valence-corrected chi connectivity index (χ2v) is 5.59. The van der Waals surface area contributed by atoms with Gasteiger partial charge in [0.1, 0.15) is 5.00 Å². The number of benzene rings is 1. The molecule has 0 saturated carbocycles. The van der Waals surface area contributed by atoms with E-state index in [1.54, 1.807) is 29.3 Å². The molecule has 2 rings (SSSR count). The van der Waals surface area contributed by atoms with Gasteiger partial charge in [0.05, 0.1) is 6.20 Å². The van der Waals surface area contributed by atoms with E-state index < -0.39 is 0 Å². The van der Waals surface area contributed by atoms with Gasteiger partial charge in [0.25, 0.3) is 0 Å². The summed E-state index contributed by atoms with van der Waals surface area (Å²) < 4.78 is 1.04. The van der Waals surface area contributed by atoms with Crippen LogP contribution in [-0.2, 0) is 5.75 Å². The molecule has 78 valence electrons. The predicted molar refractivity (Wildman–Crippen MR) is 67.3 cm³/mol. The summed E-state index contributed by atoms with van der Waals surface area (Å²) in [7, 11) is 0. The molecular formula is C11H12N2S2. The van der Waals surface area contributed by atoms with Crippen molar-refractivity contribution in [2.45, 2.75) is 17.0 Å². The molecule has 0 bridgehead atoms. The number of hydrogen-bond acceptors (Lipinski definition) is 4. The minimum absolute atomic E-state index is 0.779. The molecule has 0 aliphatic heterocycles. The van der Waals surface area contributed by atoms with Crippen LogP contribution in [0.25, 0.3) is 0 Å². The number of nitrogens with two attached hydrogens (primary N) is 1. The molecule has 1 aromatic heterocycles. The van der Waals surface area contributed by atoms with Crippen LogP contribution < -0.4 is 5.73 Å². The quantitative estimate of drug-likeness (QED) is 0.831. The highest BCUT2D eigenvalue weighted by Gasteiger charge is 2.00. The van der Waals surface area contributed by atoms with Gasteiger partial charge in [0.2, 0.25) is 0 Å². The summed E-state index contributed by atoms with van der Waals surface area (Å²) in [5.74, 6) is 0.953. The minimum Gasteiger partial charge on any atom is -0.389 e. The van der Waals surface area contributed by atoms with Crippen LogP contribution in [0.3, 0.4) is 0 Å². The van der Waals surface area contributed by atoms with Gasteiger partial charge in [-0.2, -0.15) is 0 Å². The number of aryl methyl sites for hydroxylation is 1. The van der Waals surface area contributed by atoms with Gasteiger partial charge in [-0.15, -0.1) is 0 Å². The molecular weight excluding hydrogens is 224 g/mol. The Morgan fingerprint density at radius 3 is 3.00 bits per heavy atom. The molecule has 1 aromatic carbocycles. The third-order valence-electron chi connectivity index (χ3n) is 1.95. The Kier molecular flexibility index (Phi) is 3.28. The van der Waals surface area contributed by atoms with E-state index >= 15 is 0 Å². The highest BCUT2D eigenvalue weighted by molar-refractivity contribution is 8.00. The Bertz CT molecular complexity index is 451. The van der Waals surface area contributed by atoms with Gasteiger partial charge in [0, 0.05) is 5.75 Å². The average molecular weight is 236 g/mol. The summed E-state index contributed by atoms with van der Waals surface area (Å²) in [5.41, 5.74) is 8.24. The van der Waals surface area contributed by atoms with Gasteiger partial charge in [0.15, 0.2) is 4.34 Å². The molecule has 0 fully saturated rings. The van der Waals surface area contributed by atoms with E-state index in [4.69, 9.17) is 5.73 Å². The molecule has 0 saturated heterocycles. The maximum absolute atomic E-state index is 5.61. The van der Waals surface area contributed by atoms with E-state index in [2.05, 4.69) is 36.2 Å². The van der Waals surface area contributed by atoms with Crippen LogP contribution in [0.5, 0.6) is 0 Å². The fraction of sp³-hybridized carbons (Fsp3) is 0.182. The van der Waals surface area contributed by atoms with E-state index in [1.165, 1.54) is 11.1 Å². The maximum Gasteiger partial charge on any atom is 0.152 e. The predicted octanol–water partition coefficient (Wildman–Crippen LogP) is 3.33. The van der Waals surface area contributed by atoms with Gasteiger partial charge in [-0.25, -0.2) is 4.98 Å². The molecule has 4 heteroatoms.